The van der Waals surface area contributed by atoms with Crippen LogP contribution in [0.5, 0.6) is 0 Å². The van der Waals surface area contributed by atoms with Crippen molar-refractivity contribution in [3.05, 3.63) is 192 Å². The van der Waals surface area contributed by atoms with Crippen LogP contribution in [-0.4, -0.2) is 9.13 Å². The average molecular weight is 835 g/mol. The molecule has 0 bridgehead atoms. The zero-order valence-corrected chi connectivity index (χ0v) is 36.0. The molecule has 0 aliphatic carbocycles. The molecule has 0 aliphatic heterocycles. The molecule has 0 aliphatic rings. The van der Waals surface area contributed by atoms with Crippen LogP contribution in [0.4, 0.5) is 0 Å². The average Bonchev–Trinajstić information content (AvgIpc) is 3.88. The summed E-state index contributed by atoms with van der Waals surface area (Å²) < 4.78 is 4.66. The molecule has 10 aromatic rings. The van der Waals surface area contributed by atoms with Crippen LogP contribution in [-0.2, 0) is 0 Å². The third-order valence-corrected chi connectivity index (χ3v) is 12.9. The van der Waals surface area contributed by atoms with Crippen LogP contribution in [0.3, 0.4) is 0 Å². The minimum absolute atomic E-state index is 0.0400. The molecule has 0 radical (unpaired) electrons. The number of hydrogen-bond acceptors (Lipinski definition) is 4. The first-order valence-corrected chi connectivity index (χ1v) is 22.2. The van der Waals surface area contributed by atoms with Gasteiger partial charge in [-0.15, -0.1) is 0 Å². The van der Waals surface area contributed by atoms with Crippen molar-refractivity contribution < 1.29 is 0 Å². The normalized spacial score (nSPS) is 11.6. The molecule has 2 aromatic heterocycles. The van der Waals surface area contributed by atoms with Crippen LogP contribution in [0.15, 0.2) is 170 Å². The third-order valence-electron chi connectivity index (χ3n) is 12.9. The molecule has 6 heteroatoms. The van der Waals surface area contributed by atoms with Gasteiger partial charge in [0.25, 0.3) is 0 Å². The maximum Gasteiger partial charge on any atom is 0.0998 e. The molecule has 0 amide bonds. The molecule has 8 aromatic carbocycles. The molecule has 0 saturated heterocycles. The molecular formula is C59H42N6. The Hall–Kier alpha value is -8.68. The Morgan fingerprint density at radius 2 is 0.877 bits per heavy atom. The van der Waals surface area contributed by atoms with E-state index in [0.717, 1.165) is 120 Å². The van der Waals surface area contributed by atoms with Gasteiger partial charge in [0.05, 0.1) is 63.0 Å². The summed E-state index contributed by atoms with van der Waals surface area (Å²) in [4.78, 5) is 0. The highest BCUT2D eigenvalue weighted by Crippen LogP contribution is 2.44. The van der Waals surface area contributed by atoms with Gasteiger partial charge in [0.1, 0.15) is 0 Å². The predicted octanol–water partition coefficient (Wildman–Crippen LogP) is 15.1. The highest BCUT2D eigenvalue weighted by atomic mass is 15.0. The van der Waals surface area contributed by atoms with Crippen LogP contribution in [0, 0.1) is 45.3 Å². The van der Waals surface area contributed by atoms with Crippen molar-refractivity contribution in [1.82, 2.24) is 9.13 Å². The second-order valence-electron chi connectivity index (χ2n) is 16.7. The first-order valence-electron chi connectivity index (χ1n) is 22.2. The smallest absolute Gasteiger partial charge is 0.0998 e. The standard InChI is InChI=1S/C59H42N6/c1-2-3-4-15-39(28-29-60)43-30-44(49-19-8-5-16-40(49)36-61)33-47(32-43)64-54-24-13-11-22-52(54)58-56(64)26-27-57-59(58)53-23-12-14-25-55(53)65(57)48-34-45(50-20-9-6-17-41(50)37-62)31-46(35-48)51-21-10-7-18-42(51)38-63/h5-14,16-27,30-35,39H,2-4,15,28H2,1H3. The number of fused-ring (bicyclic) bond motifs is 7. The lowest BCUT2D eigenvalue weighted by molar-refractivity contribution is 0.573. The number of hydrogen-bond donors (Lipinski definition) is 0. The van der Waals surface area contributed by atoms with Gasteiger partial charge in [-0.1, -0.05) is 123 Å². The summed E-state index contributed by atoms with van der Waals surface area (Å²) in [7, 11) is 0. The number of para-hydroxylation sites is 2. The molecule has 1 unspecified atom stereocenters. The topological polar surface area (TPSA) is 105 Å². The van der Waals surface area contributed by atoms with E-state index >= 15 is 0 Å². The van der Waals surface area contributed by atoms with Gasteiger partial charge in [-0.3, -0.25) is 0 Å². The highest BCUT2D eigenvalue weighted by Gasteiger charge is 2.23. The Labute approximate surface area is 378 Å². The van der Waals surface area contributed by atoms with E-state index in [9.17, 15) is 21.0 Å². The Balaban J connectivity index is 1.27. The molecular weight excluding hydrogens is 793 g/mol. The number of unbranched alkanes of at least 4 members (excludes halogenated alkanes) is 2. The van der Waals surface area contributed by atoms with Crippen LogP contribution >= 0.6 is 0 Å². The fraction of sp³-hybridized carbons (Fsp3) is 0.119. The maximum absolute atomic E-state index is 10.3. The van der Waals surface area contributed by atoms with Crippen molar-refractivity contribution in [2.75, 3.05) is 0 Å². The summed E-state index contributed by atoms with van der Waals surface area (Å²) >= 11 is 0. The summed E-state index contributed by atoms with van der Waals surface area (Å²) in [5.41, 5.74) is 14.1. The fourth-order valence-corrected chi connectivity index (χ4v) is 9.92. The van der Waals surface area contributed by atoms with E-state index in [1.807, 2.05) is 72.8 Å². The third kappa shape index (κ3) is 7.05. The number of benzene rings is 8. The molecule has 2 heterocycles. The van der Waals surface area contributed by atoms with Gasteiger partial charge in [-0.25, -0.2) is 0 Å². The second-order valence-corrected chi connectivity index (χ2v) is 16.7. The number of rotatable bonds is 11. The summed E-state index contributed by atoms with van der Waals surface area (Å²) in [6.07, 6.45) is 4.56. The van der Waals surface area contributed by atoms with Crippen LogP contribution in [0.25, 0.3) is 88.4 Å². The van der Waals surface area contributed by atoms with Gasteiger partial charge >= 0.3 is 0 Å². The number of aromatic nitrogens is 2. The summed E-state index contributed by atoms with van der Waals surface area (Å²) in [6, 6.07) is 67.3. The largest absolute Gasteiger partial charge is 0.309 e. The Bertz CT molecular complexity index is 3590. The highest BCUT2D eigenvalue weighted by molar-refractivity contribution is 6.29. The van der Waals surface area contributed by atoms with Crippen molar-refractivity contribution in [2.24, 2.45) is 0 Å². The molecule has 6 nitrogen and oxygen atoms in total. The monoisotopic (exact) mass is 834 g/mol. The summed E-state index contributed by atoms with van der Waals surface area (Å²) in [5.74, 6) is 0.0400. The van der Waals surface area contributed by atoms with E-state index in [1.165, 1.54) is 0 Å². The summed E-state index contributed by atoms with van der Waals surface area (Å²) in [5, 5.41) is 45.3. The van der Waals surface area contributed by atoms with Gasteiger partial charge in [0.15, 0.2) is 0 Å². The Morgan fingerprint density at radius 3 is 1.34 bits per heavy atom. The Kier molecular flexibility index (Phi) is 10.7. The van der Waals surface area contributed by atoms with E-state index in [-0.39, 0.29) is 5.92 Å². The molecule has 0 spiro atoms. The predicted molar refractivity (Wildman–Crippen MR) is 263 cm³/mol. The molecule has 0 N–H and O–H groups in total. The lowest BCUT2D eigenvalue weighted by atomic mass is 9.87. The quantitative estimate of drug-likeness (QED) is 0.121. The minimum Gasteiger partial charge on any atom is -0.309 e. The van der Waals surface area contributed by atoms with Crippen molar-refractivity contribution in [3.63, 3.8) is 0 Å². The van der Waals surface area contributed by atoms with Crippen LogP contribution in [0.2, 0.25) is 0 Å². The fourth-order valence-electron chi connectivity index (χ4n) is 9.92. The molecule has 1 atom stereocenters. The lowest BCUT2D eigenvalue weighted by Crippen LogP contribution is -2.03. The van der Waals surface area contributed by atoms with Gasteiger partial charge in [0.2, 0.25) is 0 Å². The SMILES string of the molecule is CCCCCC(CC#N)c1cc(-c2ccccc2C#N)cc(-n2c3ccccc3c3c4c5ccccc5n(-c5cc(-c6ccccc6C#N)cc(-c6ccccc6C#N)c5)c4ccc32)c1. The van der Waals surface area contributed by atoms with Crippen LogP contribution in [0.1, 0.15) is 67.2 Å². The van der Waals surface area contributed by atoms with E-state index in [0.29, 0.717) is 23.1 Å². The van der Waals surface area contributed by atoms with E-state index in [2.05, 4.69) is 137 Å². The van der Waals surface area contributed by atoms with Crippen molar-refractivity contribution >= 4 is 43.6 Å². The van der Waals surface area contributed by atoms with Crippen molar-refractivity contribution in [1.29, 1.82) is 21.0 Å². The zero-order valence-electron chi connectivity index (χ0n) is 36.0. The zero-order chi connectivity index (χ0) is 44.4. The maximum atomic E-state index is 10.3. The number of nitriles is 4. The Morgan fingerprint density at radius 1 is 0.446 bits per heavy atom. The molecule has 308 valence electrons. The van der Waals surface area contributed by atoms with Crippen molar-refractivity contribution in [3.8, 4) is 69.0 Å². The van der Waals surface area contributed by atoms with E-state index in [1.54, 1.807) is 0 Å². The first-order chi connectivity index (χ1) is 32.0. The van der Waals surface area contributed by atoms with Gasteiger partial charge in [0, 0.05) is 39.3 Å². The van der Waals surface area contributed by atoms with Gasteiger partial charge in [-0.2, -0.15) is 21.0 Å². The first kappa shape index (κ1) is 40.4. The molecule has 0 saturated carbocycles. The van der Waals surface area contributed by atoms with E-state index < -0.39 is 0 Å². The van der Waals surface area contributed by atoms with Gasteiger partial charge < -0.3 is 9.13 Å². The molecule has 0 fully saturated rings. The molecule has 65 heavy (non-hydrogen) atoms. The van der Waals surface area contributed by atoms with Crippen LogP contribution < -0.4 is 0 Å². The molecule has 10 rings (SSSR count). The number of nitrogens with zero attached hydrogens (tertiary/aromatic N) is 6. The lowest BCUT2D eigenvalue weighted by Gasteiger charge is -2.19. The van der Waals surface area contributed by atoms with Gasteiger partial charge in [-0.05, 0) is 124 Å². The van der Waals surface area contributed by atoms with Crippen molar-refractivity contribution in [2.45, 2.75) is 44.9 Å². The summed E-state index contributed by atoms with van der Waals surface area (Å²) in [6.45, 7) is 2.20. The van der Waals surface area contributed by atoms with E-state index in [4.69, 9.17) is 0 Å². The second kappa shape index (κ2) is 17.2. The minimum atomic E-state index is 0.0400.